The van der Waals surface area contributed by atoms with E-state index in [1.807, 2.05) is 12.1 Å². The molecule has 0 radical (unpaired) electrons. The van der Waals surface area contributed by atoms with Gasteiger partial charge in [-0.3, -0.25) is 9.78 Å². The van der Waals surface area contributed by atoms with Gasteiger partial charge in [-0.2, -0.15) is 0 Å². The quantitative estimate of drug-likeness (QED) is 0.840. The second-order valence-electron chi connectivity index (χ2n) is 5.99. The minimum atomic E-state index is -1.37. The number of nitrogens with zero attached hydrogens (tertiary/aromatic N) is 1. The highest BCUT2D eigenvalue weighted by Gasteiger charge is 2.39. The van der Waals surface area contributed by atoms with Crippen molar-refractivity contribution >= 4 is 21.8 Å². The number of methoxy groups -OCH3 is 1. The van der Waals surface area contributed by atoms with Crippen LogP contribution in [-0.2, 0) is 24.2 Å². The molecule has 1 atom stereocenters. The van der Waals surface area contributed by atoms with Crippen LogP contribution in [0.1, 0.15) is 23.1 Å². The molecule has 0 spiro atoms. The average Bonchev–Trinajstić information content (AvgIpc) is 2.60. The molecule has 6 heteroatoms. The van der Waals surface area contributed by atoms with E-state index in [4.69, 9.17) is 4.74 Å². The van der Waals surface area contributed by atoms with E-state index in [9.17, 15) is 9.90 Å². The summed E-state index contributed by atoms with van der Waals surface area (Å²) in [5.41, 5.74) is 1.65. The molecule has 2 N–H and O–H groups in total. The number of aryl methyl sites for hydroxylation is 1. The summed E-state index contributed by atoms with van der Waals surface area (Å²) >= 11 is 3.45. The Morgan fingerprint density at radius 1 is 1.42 bits per heavy atom. The Hall–Kier alpha value is -1.92. The number of hydrogen-bond donors (Lipinski definition) is 2. The molecule has 1 aromatic carbocycles. The van der Waals surface area contributed by atoms with Gasteiger partial charge >= 0.3 is 0 Å². The van der Waals surface area contributed by atoms with E-state index >= 15 is 0 Å². The molecule has 0 aliphatic heterocycles. The normalized spacial score (nSPS) is 19.5. The van der Waals surface area contributed by atoms with Crippen molar-refractivity contribution in [3.8, 4) is 5.75 Å². The fraction of sp³-hybridized carbons (Fsp3) is 0.333. The lowest BCUT2D eigenvalue weighted by Crippen LogP contribution is -2.50. The molecule has 0 fully saturated rings. The number of rotatable bonds is 4. The summed E-state index contributed by atoms with van der Waals surface area (Å²) in [6.45, 7) is 0.292. The SMILES string of the molecule is COc1cnccc1CNC(=O)C1(O)CCc2cc(Br)ccc2C1. The maximum atomic E-state index is 12.5. The second-order valence-corrected chi connectivity index (χ2v) is 6.91. The van der Waals surface area contributed by atoms with Crippen molar-refractivity contribution in [3.63, 3.8) is 0 Å². The number of benzene rings is 1. The number of carbonyl (C=O) groups excluding carboxylic acids is 1. The highest BCUT2D eigenvalue weighted by molar-refractivity contribution is 9.10. The Kier molecular flexibility index (Phi) is 4.87. The summed E-state index contributed by atoms with van der Waals surface area (Å²) < 4.78 is 6.24. The molecule has 24 heavy (non-hydrogen) atoms. The molecule has 126 valence electrons. The van der Waals surface area contributed by atoms with Crippen LogP contribution in [0.5, 0.6) is 5.75 Å². The zero-order chi connectivity index (χ0) is 17.2. The van der Waals surface area contributed by atoms with Gasteiger partial charge in [0.1, 0.15) is 11.4 Å². The van der Waals surface area contributed by atoms with Crippen LogP contribution in [0.4, 0.5) is 0 Å². The predicted octanol–water partition coefficient (Wildman–Crippen LogP) is 2.39. The van der Waals surface area contributed by atoms with Gasteiger partial charge in [0, 0.05) is 29.2 Å². The van der Waals surface area contributed by atoms with E-state index in [-0.39, 0.29) is 5.91 Å². The van der Waals surface area contributed by atoms with Crippen molar-refractivity contribution in [3.05, 3.63) is 57.8 Å². The lowest BCUT2D eigenvalue weighted by atomic mass is 9.80. The lowest BCUT2D eigenvalue weighted by molar-refractivity contribution is -0.141. The number of ether oxygens (including phenoxy) is 1. The van der Waals surface area contributed by atoms with Gasteiger partial charge in [0.15, 0.2) is 0 Å². The third kappa shape index (κ3) is 3.44. The molecule has 0 saturated heterocycles. The van der Waals surface area contributed by atoms with Crippen LogP contribution in [-0.4, -0.2) is 28.7 Å². The van der Waals surface area contributed by atoms with Gasteiger partial charge in [-0.1, -0.05) is 22.0 Å². The topological polar surface area (TPSA) is 71.5 Å². The highest BCUT2D eigenvalue weighted by Crippen LogP contribution is 2.31. The molecule has 1 unspecified atom stereocenters. The van der Waals surface area contributed by atoms with Gasteiger partial charge in [-0.15, -0.1) is 0 Å². The van der Waals surface area contributed by atoms with Gasteiger partial charge < -0.3 is 15.2 Å². The van der Waals surface area contributed by atoms with Crippen LogP contribution in [0.3, 0.4) is 0 Å². The van der Waals surface area contributed by atoms with Crippen molar-refractivity contribution in [2.75, 3.05) is 7.11 Å². The van der Waals surface area contributed by atoms with E-state index < -0.39 is 5.60 Å². The highest BCUT2D eigenvalue weighted by atomic mass is 79.9. The number of nitrogens with one attached hydrogen (secondary N) is 1. The van der Waals surface area contributed by atoms with Crippen molar-refractivity contribution < 1.29 is 14.6 Å². The molecular weight excluding hydrogens is 372 g/mol. The van der Waals surface area contributed by atoms with Crippen molar-refractivity contribution in [2.45, 2.75) is 31.4 Å². The first-order chi connectivity index (χ1) is 11.5. The average molecular weight is 391 g/mol. The Labute approximate surface area is 149 Å². The Morgan fingerprint density at radius 3 is 3.04 bits per heavy atom. The molecule has 1 aromatic heterocycles. The van der Waals surface area contributed by atoms with E-state index in [0.717, 1.165) is 15.6 Å². The predicted molar refractivity (Wildman–Crippen MR) is 93.8 cm³/mol. The molecule has 1 aliphatic rings. The smallest absolute Gasteiger partial charge is 0.252 e. The number of aliphatic hydroxyl groups is 1. The zero-order valence-corrected chi connectivity index (χ0v) is 15.0. The largest absolute Gasteiger partial charge is 0.495 e. The number of carbonyl (C=O) groups is 1. The minimum Gasteiger partial charge on any atom is -0.495 e. The third-order valence-corrected chi connectivity index (χ3v) is 4.90. The van der Waals surface area contributed by atoms with Crippen LogP contribution in [0.2, 0.25) is 0 Å². The summed E-state index contributed by atoms with van der Waals surface area (Å²) in [6.07, 6.45) is 4.67. The van der Waals surface area contributed by atoms with Crippen molar-refractivity contribution in [1.29, 1.82) is 0 Å². The van der Waals surface area contributed by atoms with Crippen LogP contribution >= 0.6 is 15.9 Å². The monoisotopic (exact) mass is 390 g/mol. The van der Waals surface area contributed by atoms with Gasteiger partial charge in [0.25, 0.3) is 5.91 Å². The number of pyridine rings is 1. The van der Waals surface area contributed by atoms with Gasteiger partial charge in [-0.25, -0.2) is 0 Å². The summed E-state index contributed by atoms with van der Waals surface area (Å²) in [5.74, 6) is 0.263. The van der Waals surface area contributed by atoms with E-state index in [1.54, 1.807) is 25.6 Å². The lowest BCUT2D eigenvalue weighted by Gasteiger charge is -2.32. The Bertz CT molecular complexity index is 766. The Balaban J connectivity index is 1.70. The van der Waals surface area contributed by atoms with Gasteiger partial charge in [0.05, 0.1) is 13.3 Å². The van der Waals surface area contributed by atoms with Crippen LogP contribution in [0, 0.1) is 0 Å². The molecule has 0 bridgehead atoms. The van der Waals surface area contributed by atoms with Crippen LogP contribution in [0.15, 0.2) is 41.1 Å². The van der Waals surface area contributed by atoms with Crippen LogP contribution in [0.25, 0.3) is 0 Å². The second kappa shape index (κ2) is 6.91. The van der Waals surface area contributed by atoms with Crippen molar-refractivity contribution in [1.82, 2.24) is 10.3 Å². The molecule has 1 heterocycles. The summed E-state index contributed by atoms with van der Waals surface area (Å²) in [5, 5.41) is 13.6. The van der Waals surface area contributed by atoms with E-state index in [0.29, 0.717) is 31.6 Å². The van der Waals surface area contributed by atoms with Crippen LogP contribution < -0.4 is 10.1 Å². The number of hydrogen-bond acceptors (Lipinski definition) is 4. The third-order valence-electron chi connectivity index (χ3n) is 4.41. The minimum absolute atomic E-state index is 0.292. The standard InChI is InChI=1S/C18H19BrN2O3/c1-24-16-11-20-7-5-14(16)10-21-17(22)18(23)6-4-12-8-15(19)3-2-13(12)9-18/h2-3,5,7-8,11,23H,4,6,9-10H2,1H3,(H,21,22). The number of halogens is 1. The maximum absolute atomic E-state index is 12.5. The molecule has 1 aliphatic carbocycles. The van der Waals surface area contributed by atoms with Gasteiger partial charge in [-0.05, 0) is 42.2 Å². The van der Waals surface area contributed by atoms with E-state index in [1.165, 1.54) is 5.56 Å². The molecule has 1 amide bonds. The summed E-state index contributed by atoms with van der Waals surface area (Å²) in [7, 11) is 1.56. The molecule has 2 aromatic rings. The fourth-order valence-electron chi connectivity index (χ4n) is 3.02. The van der Waals surface area contributed by atoms with Gasteiger partial charge in [0.2, 0.25) is 0 Å². The molecule has 3 rings (SSSR count). The number of amides is 1. The van der Waals surface area contributed by atoms with Crippen molar-refractivity contribution in [2.24, 2.45) is 0 Å². The maximum Gasteiger partial charge on any atom is 0.252 e. The first-order valence-electron chi connectivity index (χ1n) is 7.77. The molecule has 5 nitrogen and oxygen atoms in total. The summed E-state index contributed by atoms with van der Waals surface area (Å²) in [6, 6.07) is 7.73. The molecule has 0 saturated carbocycles. The first kappa shape index (κ1) is 16.9. The zero-order valence-electron chi connectivity index (χ0n) is 13.4. The number of aromatic nitrogens is 1. The fourth-order valence-corrected chi connectivity index (χ4v) is 3.43. The molecular formula is C18H19BrN2O3. The Morgan fingerprint density at radius 2 is 2.25 bits per heavy atom. The summed E-state index contributed by atoms with van der Waals surface area (Å²) in [4.78, 5) is 16.5. The van der Waals surface area contributed by atoms with E-state index in [2.05, 4.69) is 32.3 Å². The first-order valence-corrected chi connectivity index (χ1v) is 8.56. The number of fused-ring (bicyclic) bond motifs is 1.